The molecule has 2 aromatic rings. The van der Waals surface area contributed by atoms with Gasteiger partial charge in [-0.25, -0.2) is 4.98 Å². The largest absolute Gasteiger partial charge is 0.473 e. The molecule has 2 heterocycles. The first-order valence-electron chi connectivity index (χ1n) is 7.28. The van der Waals surface area contributed by atoms with Crippen molar-refractivity contribution in [3.63, 3.8) is 0 Å². The maximum Gasteiger partial charge on any atom is 0.213 e. The third-order valence-corrected chi connectivity index (χ3v) is 4.13. The average Bonchev–Trinajstić information content (AvgIpc) is 2.55. The van der Waals surface area contributed by atoms with Crippen molar-refractivity contribution in [2.24, 2.45) is 0 Å². The zero-order valence-electron chi connectivity index (χ0n) is 11.8. The number of halogens is 1. The Morgan fingerprint density at radius 1 is 1.29 bits per heavy atom. The molecule has 1 saturated heterocycles. The van der Waals surface area contributed by atoms with Gasteiger partial charge in [-0.15, -0.1) is 0 Å². The molecule has 3 nitrogen and oxygen atoms in total. The lowest BCUT2D eigenvalue weighted by molar-refractivity contribution is 0.291. The minimum Gasteiger partial charge on any atom is -0.473 e. The number of benzene rings is 1. The maximum absolute atomic E-state index is 6.10. The minimum absolute atomic E-state index is 0.427. The predicted molar refractivity (Wildman–Crippen MR) is 83.7 cm³/mol. The summed E-state index contributed by atoms with van der Waals surface area (Å²) in [5.74, 6) is 1.19. The molecule has 1 aromatic heterocycles. The standard InChI is InChI=1S/C17H18ClN2O/c18-15-5-2-1-4-14(15)12-21-17-7-3-6-16(20-17)13-8-10-19-11-9-13/h1,3-7,13,19H,8-12H2. The number of hydrogen-bond donors (Lipinski definition) is 1. The average molecular weight is 302 g/mol. The molecule has 1 N–H and O–H groups in total. The fourth-order valence-electron chi connectivity index (χ4n) is 2.57. The second kappa shape index (κ2) is 6.92. The molecule has 1 radical (unpaired) electrons. The normalized spacial score (nSPS) is 15.9. The van der Waals surface area contributed by atoms with E-state index in [4.69, 9.17) is 16.3 Å². The first-order chi connectivity index (χ1) is 10.3. The molecular formula is C17H18ClN2O. The summed E-state index contributed by atoms with van der Waals surface area (Å²) < 4.78 is 5.78. The summed E-state index contributed by atoms with van der Waals surface area (Å²) in [5, 5.41) is 4.05. The van der Waals surface area contributed by atoms with Gasteiger partial charge in [0.1, 0.15) is 6.61 Å². The molecule has 0 saturated carbocycles. The van der Waals surface area contributed by atoms with E-state index in [0.717, 1.165) is 37.2 Å². The zero-order valence-corrected chi connectivity index (χ0v) is 12.6. The Balaban J connectivity index is 1.67. The summed E-state index contributed by atoms with van der Waals surface area (Å²) in [6, 6.07) is 14.4. The molecule has 4 heteroatoms. The summed E-state index contributed by atoms with van der Waals surface area (Å²) in [5.41, 5.74) is 2.07. The lowest BCUT2D eigenvalue weighted by Gasteiger charge is -2.22. The molecule has 1 fully saturated rings. The third-order valence-electron chi connectivity index (χ3n) is 3.78. The van der Waals surface area contributed by atoms with Gasteiger partial charge in [0.05, 0.1) is 0 Å². The van der Waals surface area contributed by atoms with Gasteiger partial charge >= 0.3 is 0 Å². The minimum atomic E-state index is 0.427. The van der Waals surface area contributed by atoms with Crippen LogP contribution in [0, 0.1) is 6.07 Å². The fraction of sp³-hybridized carbons (Fsp3) is 0.353. The van der Waals surface area contributed by atoms with Gasteiger partial charge < -0.3 is 10.1 Å². The molecular weight excluding hydrogens is 284 g/mol. The topological polar surface area (TPSA) is 34.1 Å². The number of piperidine rings is 1. The Kier molecular flexibility index (Phi) is 4.73. The van der Waals surface area contributed by atoms with Gasteiger partial charge in [0.2, 0.25) is 5.88 Å². The van der Waals surface area contributed by atoms with E-state index >= 15 is 0 Å². The Morgan fingerprint density at radius 2 is 2.14 bits per heavy atom. The molecule has 0 unspecified atom stereocenters. The highest BCUT2D eigenvalue weighted by Crippen LogP contribution is 2.25. The fourth-order valence-corrected chi connectivity index (χ4v) is 2.75. The van der Waals surface area contributed by atoms with Crippen molar-refractivity contribution in [1.29, 1.82) is 0 Å². The molecule has 1 aliphatic rings. The Morgan fingerprint density at radius 3 is 2.95 bits per heavy atom. The van der Waals surface area contributed by atoms with Crippen LogP contribution in [0.1, 0.15) is 30.0 Å². The van der Waals surface area contributed by atoms with Crippen LogP contribution in [0.25, 0.3) is 0 Å². The summed E-state index contributed by atoms with van der Waals surface area (Å²) in [4.78, 5) is 4.64. The van der Waals surface area contributed by atoms with Crippen LogP contribution >= 0.6 is 11.6 Å². The summed E-state index contributed by atoms with van der Waals surface area (Å²) >= 11 is 6.10. The number of aromatic nitrogens is 1. The van der Waals surface area contributed by atoms with E-state index in [1.807, 2.05) is 24.3 Å². The van der Waals surface area contributed by atoms with Crippen molar-refractivity contribution in [1.82, 2.24) is 10.3 Å². The van der Waals surface area contributed by atoms with E-state index in [9.17, 15) is 0 Å². The summed E-state index contributed by atoms with van der Waals surface area (Å²) in [6.07, 6.45) is 2.27. The van der Waals surface area contributed by atoms with E-state index in [1.165, 1.54) is 0 Å². The molecule has 109 valence electrons. The lowest BCUT2D eigenvalue weighted by Crippen LogP contribution is -2.27. The second-order valence-corrected chi connectivity index (χ2v) is 5.64. The van der Waals surface area contributed by atoms with Crippen molar-refractivity contribution in [3.05, 3.63) is 58.7 Å². The van der Waals surface area contributed by atoms with Crippen molar-refractivity contribution >= 4 is 11.6 Å². The van der Waals surface area contributed by atoms with E-state index < -0.39 is 0 Å². The van der Waals surface area contributed by atoms with Gasteiger partial charge in [-0.1, -0.05) is 29.8 Å². The Bertz CT molecular complexity index is 597. The zero-order chi connectivity index (χ0) is 14.5. The van der Waals surface area contributed by atoms with E-state index in [0.29, 0.717) is 23.4 Å². The lowest BCUT2D eigenvalue weighted by atomic mass is 9.94. The molecule has 3 rings (SSSR count). The second-order valence-electron chi connectivity index (χ2n) is 5.23. The van der Waals surface area contributed by atoms with E-state index in [2.05, 4.69) is 22.4 Å². The number of rotatable bonds is 4. The highest BCUT2D eigenvalue weighted by atomic mass is 35.5. The van der Waals surface area contributed by atoms with Crippen LogP contribution < -0.4 is 10.1 Å². The van der Waals surface area contributed by atoms with Crippen LogP contribution in [-0.4, -0.2) is 18.1 Å². The van der Waals surface area contributed by atoms with Gasteiger partial charge in [-0.05, 0) is 44.1 Å². The smallest absolute Gasteiger partial charge is 0.213 e. The van der Waals surface area contributed by atoms with Gasteiger partial charge in [-0.3, -0.25) is 0 Å². The number of pyridine rings is 1. The van der Waals surface area contributed by atoms with E-state index in [-0.39, 0.29) is 0 Å². The number of hydrogen-bond acceptors (Lipinski definition) is 3. The van der Waals surface area contributed by atoms with Crippen LogP contribution in [0.3, 0.4) is 0 Å². The first kappa shape index (κ1) is 14.4. The number of ether oxygens (including phenoxy) is 1. The van der Waals surface area contributed by atoms with Crippen LogP contribution in [0.5, 0.6) is 5.88 Å². The van der Waals surface area contributed by atoms with Crippen molar-refractivity contribution in [2.75, 3.05) is 13.1 Å². The first-order valence-corrected chi connectivity index (χ1v) is 7.65. The maximum atomic E-state index is 6.10. The summed E-state index contributed by atoms with van der Waals surface area (Å²) in [7, 11) is 0. The molecule has 21 heavy (non-hydrogen) atoms. The van der Waals surface area contributed by atoms with Crippen LogP contribution in [0.15, 0.2) is 36.4 Å². The molecule has 0 bridgehead atoms. The van der Waals surface area contributed by atoms with E-state index in [1.54, 1.807) is 6.07 Å². The van der Waals surface area contributed by atoms with Gasteiger partial charge in [0.15, 0.2) is 0 Å². The highest BCUT2D eigenvalue weighted by molar-refractivity contribution is 6.31. The Hall–Kier alpha value is -1.58. The monoisotopic (exact) mass is 301 g/mol. The van der Waals surface area contributed by atoms with Gasteiger partial charge in [0, 0.05) is 28.3 Å². The van der Waals surface area contributed by atoms with Crippen molar-refractivity contribution in [2.45, 2.75) is 25.4 Å². The van der Waals surface area contributed by atoms with Crippen LogP contribution in [0.4, 0.5) is 0 Å². The van der Waals surface area contributed by atoms with Gasteiger partial charge in [-0.2, -0.15) is 0 Å². The van der Waals surface area contributed by atoms with Crippen LogP contribution in [-0.2, 0) is 6.61 Å². The molecule has 0 amide bonds. The Labute approximate surface area is 130 Å². The van der Waals surface area contributed by atoms with Crippen LogP contribution in [0.2, 0.25) is 5.02 Å². The van der Waals surface area contributed by atoms with Crippen molar-refractivity contribution in [3.8, 4) is 5.88 Å². The predicted octanol–water partition coefficient (Wildman–Crippen LogP) is 3.58. The number of nitrogens with zero attached hydrogens (tertiary/aromatic N) is 1. The molecule has 0 aliphatic carbocycles. The molecule has 0 atom stereocenters. The molecule has 1 aliphatic heterocycles. The SMILES string of the molecule is Clc1c[c]ccc1COc1cccc(C2CCNCC2)n1. The number of nitrogens with one attached hydrogen (secondary N) is 1. The molecule has 1 aromatic carbocycles. The third kappa shape index (κ3) is 3.74. The highest BCUT2D eigenvalue weighted by Gasteiger charge is 2.16. The quantitative estimate of drug-likeness (QED) is 0.937. The van der Waals surface area contributed by atoms with Crippen molar-refractivity contribution < 1.29 is 4.74 Å². The van der Waals surface area contributed by atoms with Gasteiger partial charge in [0.25, 0.3) is 0 Å². The summed E-state index contributed by atoms with van der Waals surface area (Å²) in [6.45, 7) is 2.55. The molecule has 0 spiro atoms.